The molecule has 0 saturated carbocycles. The molecule has 102 valence electrons. The van der Waals surface area contributed by atoms with Gasteiger partial charge in [0.2, 0.25) is 0 Å². The zero-order valence-electron chi connectivity index (χ0n) is 11.5. The Kier molecular flexibility index (Phi) is 2.83. The van der Waals surface area contributed by atoms with Crippen LogP contribution in [-0.4, -0.2) is 10.1 Å². The van der Waals surface area contributed by atoms with Crippen LogP contribution < -0.4 is 0 Å². The van der Waals surface area contributed by atoms with Gasteiger partial charge in [0, 0.05) is 6.20 Å². The monoisotopic (exact) mass is 273 g/mol. The van der Waals surface area contributed by atoms with Crippen LogP contribution in [-0.2, 0) is 6.42 Å². The first-order valence-electron chi connectivity index (χ1n) is 7.13. The highest BCUT2D eigenvalue weighted by molar-refractivity contribution is 5.78. The molecular weight excluding hydrogens is 258 g/mol. The normalized spacial score (nSPS) is 13.6. The SMILES string of the molecule is OC(c1ccccn1)c1cccc2c1Cc1ccccc1-2. The molecule has 0 spiro atoms. The minimum Gasteiger partial charge on any atom is -0.382 e. The molecule has 4 rings (SSSR count). The van der Waals surface area contributed by atoms with Crippen LogP contribution >= 0.6 is 0 Å². The molecule has 1 heterocycles. The molecule has 2 aromatic carbocycles. The van der Waals surface area contributed by atoms with Crippen molar-refractivity contribution in [2.75, 3.05) is 0 Å². The number of rotatable bonds is 2. The maximum atomic E-state index is 10.7. The Morgan fingerprint density at radius 3 is 2.52 bits per heavy atom. The first-order chi connectivity index (χ1) is 10.3. The lowest BCUT2D eigenvalue weighted by molar-refractivity contribution is 0.214. The maximum Gasteiger partial charge on any atom is 0.121 e. The topological polar surface area (TPSA) is 33.1 Å². The summed E-state index contributed by atoms with van der Waals surface area (Å²) < 4.78 is 0. The van der Waals surface area contributed by atoms with Gasteiger partial charge in [-0.25, -0.2) is 0 Å². The van der Waals surface area contributed by atoms with Gasteiger partial charge in [0.1, 0.15) is 6.10 Å². The van der Waals surface area contributed by atoms with Crippen molar-refractivity contribution in [3.8, 4) is 11.1 Å². The van der Waals surface area contributed by atoms with Gasteiger partial charge in [-0.15, -0.1) is 0 Å². The third kappa shape index (κ3) is 1.96. The van der Waals surface area contributed by atoms with Gasteiger partial charge in [0.05, 0.1) is 5.69 Å². The number of hydrogen-bond donors (Lipinski definition) is 1. The summed E-state index contributed by atoms with van der Waals surface area (Å²) in [5.41, 5.74) is 6.72. The van der Waals surface area contributed by atoms with E-state index in [2.05, 4.69) is 35.3 Å². The number of aliphatic hydroxyl groups excluding tert-OH is 1. The van der Waals surface area contributed by atoms with Crippen molar-refractivity contribution >= 4 is 0 Å². The molecule has 0 fully saturated rings. The number of aromatic nitrogens is 1. The van der Waals surface area contributed by atoms with Crippen LogP contribution in [0.1, 0.15) is 28.5 Å². The fraction of sp³-hybridized carbons (Fsp3) is 0.105. The summed E-state index contributed by atoms with van der Waals surface area (Å²) in [5, 5.41) is 10.7. The van der Waals surface area contributed by atoms with Gasteiger partial charge in [0.15, 0.2) is 0 Å². The smallest absolute Gasteiger partial charge is 0.121 e. The van der Waals surface area contributed by atoms with Gasteiger partial charge in [0.25, 0.3) is 0 Å². The molecule has 1 unspecified atom stereocenters. The molecule has 1 aromatic heterocycles. The van der Waals surface area contributed by atoms with Gasteiger partial charge in [-0.1, -0.05) is 48.5 Å². The predicted octanol–water partition coefficient (Wildman–Crippen LogP) is 3.73. The molecule has 3 aromatic rings. The Morgan fingerprint density at radius 2 is 1.67 bits per heavy atom. The Balaban J connectivity index is 1.83. The van der Waals surface area contributed by atoms with Crippen molar-refractivity contribution in [3.05, 3.63) is 89.2 Å². The first kappa shape index (κ1) is 12.3. The van der Waals surface area contributed by atoms with Crippen LogP contribution in [0.3, 0.4) is 0 Å². The average molecular weight is 273 g/mol. The van der Waals surface area contributed by atoms with E-state index in [1.54, 1.807) is 6.20 Å². The molecule has 1 aliphatic carbocycles. The summed E-state index contributed by atoms with van der Waals surface area (Å²) in [6.07, 6.45) is 1.93. The molecule has 1 aliphatic rings. The second-order valence-corrected chi connectivity index (χ2v) is 5.36. The predicted molar refractivity (Wildman–Crippen MR) is 83.0 cm³/mol. The van der Waals surface area contributed by atoms with Gasteiger partial charge >= 0.3 is 0 Å². The van der Waals surface area contributed by atoms with Crippen molar-refractivity contribution in [2.45, 2.75) is 12.5 Å². The number of aliphatic hydroxyl groups is 1. The van der Waals surface area contributed by atoms with Crippen LogP contribution in [0.5, 0.6) is 0 Å². The highest BCUT2D eigenvalue weighted by Crippen LogP contribution is 2.40. The van der Waals surface area contributed by atoms with Crippen molar-refractivity contribution in [3.63, 3.8) is 0 Å². The van der Waals surface area contributed by atoms with E-state index < -0.39 is 6.10 Å². The van der Waals surface area contributed by atoms with E-state index in [0.29, 0.717) is 5.69 Å². The van der Waals surface area contributed by atoms with Crippen LogP contribution in [0, 0.1) is 0 Å². The number of benzene rings is 2. The molecule has 0 amide bonds. The summed E-state index contributed by atoms with van der Waals surface area (Å²) in [6.45, 7) is 0. The summed E-state index contributed by atoms with van der Waals surface area (Å²) in [6, 6.07) is 20.2. The molecule has 0 radical (unpaired) electrons. The van der Waals surface area contributed by atoms with E-state index in [4.69, 9.17) is 0 Å². The second-order valence-electron chi connectivity index (χ2n) is 5.36. The zero-order valence-corrected chi connectivity index (χ0v) is 11.5. The van der Waals surface area contributed by atoms with E-state index in [1.165, 1.54) is 22.3 Å². The van der Waals surface area contributed by atoms with Crippen molar-refractivity contribution < 1.29 is 5.11 Å². The van der Waals surface area contributed by atoms with Gasteiger partial charge < -0.3 is 5.11 Å². The lowest BCUT2D eigenvalue weighted by atomic mass is 9.96. The van der Waals surface area contributed by atoms with E-state index in [0.717, 1.165) is 12.0 Å². The van der Waals surface area contributed by atoms with Crippen molar-refractivity contribution in [1.29, 1.82) is 0 Å². The minimum absolute atomic E-state index is 0.671. The number of nitrogens with zero attached hydrogens (tertiary/aromatic N) is 1. The van der Waals surface area contributed by atoms with Gasteiger partial charge in [-0.2, -0.15) is 0 Å². The van der Waals surface area contributed by atoms with Crippen LogP contribution in [0.2, 0.25) is 0 Å². The largest absolute Gasteiger partial charge is 0.382 e. The van der Waals surface area contributed by atoms with E-state index in [9.17, 15) is 5.11 Å². The molecule has 1 atom stereocenters. The fourth-order valence-corrected chi connectivity index (χ4v) is 3.14. The van der Waals surface area contributed by atoms with Gasteiger partial charge in [-0.05, 0) is 46.4 Å². The van der Waals surface area contributed by atoms with Crippen LogP contribution in [0.15, 0.2) is 66.9 Å². The Labute approximate surface area is 123 Å². The standard InChI is InChI=1S/C19H15NO/c21-19(18-10-3-4-11-20-18)16-9-5-8-15-14-7-2-1-6-13(14)12-17(15)16/h1-11,19,21H,12H2. The van der Waals surface area contributed by atoms with Crippen LogP contribution in [0.25, 0.3) is 11.1 Å². The van der Waals surface area contributed by atoms with Crippen molar-refractivity contribution in [2.24, 2.45) is 0 Å². The number of hydrogen-bond acceptors (Lipinski definition) is 2. The molecule has 1 N–H and O–H groups in total. The quantitative estimate of drug-likeness (QED) is 0.603. The molecule has 2 heteroatoms. The Hall–Kier alpha value is -2.45. The van der Waals surface area contributed by atoms with Gasteiger partial charge in [-0.3, -0.25) is 4.98 Å². The molecule has 21 heavy (non-hydrogen) atoms. The molecular formula is C19H15NO. The third-order valence-corrected chi connectivity index (χ3v) is 4.15. The highest BCUT2D eigenvalue weighted by atomic mass is 16.3. The summed E-state index contributed by atoms with van der Waals surface area (Å²) in [5.74, 6) is 0. The Morgan fingerprint density at radius 1 is 0.857 bits per heavy atom. The molecule has 0 aliphatic heterocycles. The zero-order chi connectivity index (χ0) is 14.2. The number of fused-ring (bicyclic) bond motifs is 3. The maximum absolute atomic E-state index is 10.7. The van der Waals surface area contributed by atoms with E-state index >= 15 is 0 Å². The van der Waals surface area contributed by atoms with E-state index in [1.807, 2.05) is 30.3 Å². The fourth-order valence-electron chi connectivity index (χ4n) is 3.14. The van der Waals surface area contributed by atoms with Crippen molar-refractivity contribution in [1.82, 2.24) is 4.98 Å². The third-order valence-electron chi connectivity index (χ3n) is 4.15. The minimum atomic E-state index is -0.671. The average Bonchev–Trinajstić information content (AvgIpc) is 2.94. The molecule has 0 bridgehead atoms. The lowest BCUT2D eigenvalue weighted by Gasteiger charge is -2.14. The molecule has 0 saturated heterocycles. The summed E-state index contributed by atoms with van der Waals surface area (Å²) in [7, 11) is 0. The number of pyridine rings is 1. The highest BCUT2D eigenvalue weighted by Gasteiger charge is 2.24. The lowest BCUT2D eigenvalue weighted by Crippen LogP contribution is -2.05. The summed E-state index contributed by atoms with van der Waals surface area (Å²) >= 11 is 0. The second kappa shape index (κ2) is 4.83. The molecule has 2 nitrogen and oxygen atoms in total. The summed E-state index contributed by atoms with van der Waals surface area (Å²) in [4.78, 5) is 4.28. The first-order valence-corrected chi connectivity index (χ1v) is 7.13. The van der Waals surface area contributed by atoms with E-state index in [-0.39, 0.29) is 0 Å². The Bertz CT molecular complexity index is 796. The van der Waals surface area contributed by atoms with Crippen LogP contribution in [0.4, 0.5) is 0 Å².